The smallest absolute Gasteiger partial charge is 0.321 e. The van der Waals surface area contributed by atoms with Crippen LogP contribution >= 0.6 is 45.9 Å². The maximum absolute atomic E-state index is 12.8. The van der Waals surface area contributed by atoms with Gasteiger partial charge in [0, 0.05) is 36.6 Å². The van der Waals surface area contributed by atoms with Crippen molar-refractivity contribution in [3.8, 4) is 11.5 Å². The minimum atomic E-state index is -0.158. The van der Waals surface area contributed by atoms with Crippen molar-refractivity contribution in [3.63, 3.8) is 0 Å². The van der Waals surface area contributed by atoms with Gasteiger partial charge >= 0.3 is 12.1 Å². The summed E-state index contributed by atoms with van der Waals surface area (Å²) in [6.45, 7) is 10.4. The van der Waals surface area contributed by atoms with Crippen molar-refractivity contribution in [2.45, 2.75) is 201 Å². The molecule has 4 aromatic carbocycles. The van der Waals surface area contributed by atoms with Gasteiger partial charge in [0.25, 0.3) is 0 Å². The van der Waals surface area contributed by atoms with E-state index in [0.717, 1.165) is 48.4 Å². The molecule has 2 N–H and O–H groups in total. The van der Waals surface area contributed by atoms with E-state index in [1.54, 1.807) is 46.6 Å². The molecule has 83 heavy (non-hydrogen) atoms. The van der Waals surface area contributed by atoms with Gasteiger partial charge in [-0.05, 0) is 79.4 Å². The van der Waals surface area contributed by atoms with Crippen molar-refractivity contribution >= 4 is 69.3 Å². The number of aryl methyl sites for hydroxylation is 1. The first kappa shape index (κ1) is 73.1. The van der Waals surface area contributed by atoms with E-state index in [9.17, 15) is 9.59 Å². The molecule has 2 aromatic heterocycles. The highest BCUT2D eigenvalue weighted by atomic mass is 79.9. The number of urea groups is 2. The molecule has 2 heterocycles. The van der Waals surface area contributed by atoms with Gasteiger partial charge in [-0.2, -0.15) is 9.13 Å². The van der Waals surface area contributed by atoms with E-state index in [4.69, 9.17) is 32.7 Å². The predicted octanol–water partition coefficient (Wildman–Crippen LogP) is 12.6. The second kappa shape index (κ2) is 44.3. The molecule has 458 valence electrons. The summed E-state index contributed by atoms with van der Waals surface area (Å²) in [6.07, 6.45) is 35.8. The number of rotatable bonds is 38. The molecular formula is C67H96Br2Cl2N6O4S2. The Hall–Kier alpha value is -4.18. The number of unbranched alkanes of at least 4 members (excludes halogenated alkanes) is 22. The Morgan fingerprint density at radius 3 is 1.19 bits per heavy atom. The van der Waals surface area contributed by atoms with Crippen LogP contribution in [0.15, 0.2) is 114 Å². The molecule has 0 bridgehead atoms. The summed E-state index contributed by atoms with van der Waals surface area (Å²) in [4.78, 5) is 30.3. The van der Waals surface area contributed by atoms with Crippen LogP contribution in [-0.2, 0) is 26.2 Å². The van der Waals surface area contributed by atoms with Gasteiger partial charge in [0.05, 0.1) is 46.6 Å². The van der Waals surface area contributed by atoms with Gasteiger partial charge in [0.1, 0.15) is 11.5 Å². The van der Waals surface area contributed by atoms with Gasteiger partial charge in [-0.25, -0.2) is 9.59 Å². The maximum Gasteiger partial charge on any atom is 0.321 e. The summed E-state index contributed by atoms with van der Waals surface area (Å²) < 4.78 is 16.4. The topological polar surface area (TPSA) is 90.9 Å². The van der Waals surface area contributed by atoms with Gasteiger partial charge in [0.2, 0.25) is 11.0 Å². The van der Waals surface area contributed by atoms with Gasteiger partial charge in [0.15, 0.2) is 25.5 Å². The minimum Gasteiger partial charge on any atom is -1.00 e. The highest BCUT2D eigenvalue weighted by Gasteiger charge is 2.19. The molecule has 0 radical (unpaired) electrons. The number of aromatic nitrogens is 2. The zero-order chi connectivity index (χ0) is 57.7. The number of nitrogens with one attached hydrogen (secondary N) is 2. The van der Waals surface area contributed by atoms with Gasteiger partial charge in [-0.15, -0.1) is 0 Å². The van der Waals surface area contributed by atoms with Gasteiger partial charge in [-0.1, -0.05) is 237 Å². The Bertz CT molecular complexity index is 2640. The van der Waals surface area contributed by atoms with Crippen LogP contribution in [0.25, 0.3) is 0 Å². The second-order valence-electron chi connectivity index (χ2n) is 21.5. The first-order valence-electron chi connectivity index (χ1n) is 30.4. The van der Waals surface area contributed by atoms with E-state index < -0.39 is 0 Å². The van der Waals surface area contributed by atoms with Crippen molar-refractivity contribution in [2.75, 3.05) is 37.1 Å². The zero-order valence-electron chi connectivity index (χ0n) is 50.4. The summed E-state index contributed by atoms with van der Waals surface area (Å²) in [5, 5.41) is 8.80. The lowest BCUT2D eigenvalue weighted by atomic mass is 10.1. The van der Waals surface area contributed by atoms with E-state index in [0.29, 0.717) is 47.8 Å². The quantitative estimate of drug-likeness (QED) is 0.0298. The molecule has 0 saturated carbocycles. The third-order valence-corrected chi connectivity index (χ3v) is 16.7. The van der Waals surface area contributed by atoms with Gasteiger partial charge in [-0.3, -0.25) is 9.80 Å². The van der Waals surface area contributed by atoms with Crippen molar-refractivity contribution in [1.29, 1.82) is 0 Å². The first-order chi connectivity index (χ1) is 39.6. The van der Waals surface area contributed by atoms with Crippen LogP contribution in [0.5, 0.6) is 11.5 Å². The summed E-state index contributed by atoms with van der Waals surface area (Å²) >= 11 is 16.3. The molecule has 10 nitrogen and oxygen atoms in total. The molecule has 0 fully saturated rings. The molecule has 0 aliphatic rings. The Morgan fingerprint density at radius 2 is 0.855 bits per heavy atom. The Kier molecular flexibility index (Phi) is 39.0. The number of hydrogen-bond donors (Lipinski definition) is 2. The number of carbonyl (C=O) groups excluding carboxylic acids is 2. The third kappa shape index (κ3) is 29.2. The number of carbonyl (C=O) groups is 2. The fraction of sp³-hybridized carbons (Fsp3) is 0.522. The molecule has 0 aliphatic carbocycles. The Labute approximate surface area is 538 Å². The minimum absolute atomic E-state index is 0. The second-order valence-corrected chi connectivity index (χ2v) is 24.1. The van der Waals surface area contributed by atoms with Crippen LogP contribution < -0.4 is 73.0 Å². The zero-order valence-corrected chi connectivity index (χ0v) is 56.7. The van der Waals surface area contributed by atoms with Crippen LogP contribution in [0.4, 0.5) is 21.0 Å². The molecule has 6 rings (SSSR count). The first-order valence-corrected chi connectivity index (χ1v) is 33.0. The predicted molar refractivity (Wildman–Crippen MR) is 342 cm³/mol. The van der Waals surface area contributed by atoms with Crippen LogP contribution in [-0.4, -0.2) is 39.4 Å². The van der Waals surface area contributed by atoms with E-state index in [1.807, 2.05) is 60.7 Å². The fourth-order valence-electron chi connectivity index (χ4n) is 9.82. The summed E-state index contributed by atoms with van der Waals surface area (Å²) in [7, 11) is 3.31. The highest BCUT2D eigenvalue weighted by molar-refractivity contribution is 7.09. The third-order valence-electron chi connectivity index (χ3n) is 14.6. The lowest BCUT2D eigenvalue weighted by Gasteiger charge is -2.23. The molecule has 6 aromatic rings. The van der Waals surface area contributed by atoms with Crippen molar-refractivity contribution in [3.05, 3.63) is 151 Å². The molecule has 0 aliphatic heterocycles. The summed E-state index contributed by atoms with van der Waals surface area (Å²) in [5.74, 6) is 1.37. The molecule has 0 saturated heterocycles. The maximum atomic E-state index is 12.8. The molecule has 16 heteroatoms. The van der Waals surface area contributed by atoms with Crippen LogP contribution in [0.1, 0.15) is 195 Å². The number of nitrogens with zero attached hydrogens (tertiary/aromatic N) is 4. The van der Waals surface area contributed by atoms with E-state index in [1.165, 1.54) is 157 Å². The highest BCUT2D eigenvalue weighted by Crippen LogP contribution is 2.30. The van der Waals surface area contributed by atoms with E-state index >= 15 is 0 Å². The summed E-state index contributed by atoms with van der Waals surface area (Å²) in [5.41, 5.74) is 10.2. The van der Waals surface area contributed by atoms with E-state index in [-0.39, 0.29) is 46.0 Å². The SMILES string of the molecule is CCCCCCCCCCCCCCOc1cc(CN(C(=O)NC)c2ccc(C[n+]3ccsc3)cc2)ccc1Cl.CCCCCCCCCCCCCCOc1cc(CN(C(=O)NC)c2ccc(C[n+]3csc(C)c3)cc2)ccc1Cl.[Br-].[Br-]. The van der Waals surface area contributed by atoms with Crippen LogP contribution in [0.3, 0.4) is 0 Å². The molecule has 0 spiro atoms. The fourth-order valence-corrected chi connectivity index (χ4v) is 11.4. The molecule has 4 amide bonds. The lowest BCUT2D eigenvalue weighted by molar-refractivity contribution is -0.683. The van der Waals surface area contributed by atoms with Gasteiger partial charge < -0.3 is 54.1 Å². The van der Waals surface area contributed by atoms with E-state index in [2.05, 4.69) is 93.6 Å². The normalized spacial score (nSPS) is 10.7. The number of benzene rings is 4. The molecular weight excluding hydrogens is 1250 g/mol. The molecule has 0 unspecified atom stereocenters. The Balaban J connectivity index is 0.000000425. The number of halogens is 4. The lowest BCUT2D eigenvalue weighted by Crippen LogP contribution is -3.00. The largest absolute Gasteiger partial charge is 1.00 e. The monoisotopic (exact) mass is 1340 g/mol. The Morgan fingerprint density at radius 1 is 0.494 bits per heavy atom. The number of amides is 4. The van der Waals surface area contributed by atoms with Crippen LogP contribution in [0, 0.1) is 6.92 Å². The average Bonchev–Trinajstić information content (AvgIpc) is 4.26. The average molecular weight is 1340 g/mol. The summed E-state index contributed by atoms with van der Waals surface area (Å²) in [6, 6.07) is 27.5. The van der Waals surface area contributed by atoms with Crippen LogP contribution in [0.2, 0.25) is 10.0 Å². The van der Waals surface area contributed by atoms with Crippen molar-refractivity contribution < 1.29 is 62.2 Å². The molecule has 0 atom stereocenters. The number of hydrogen-bond acceptors (Lipinski definition) is 6. The standard InChI is InChI=1S/C34H48ClN3O2S.C33H46ClN3O2S.2BrH/c1-4-5-6-7-8-9-10-11-12-13-14-15-22-40-33-23-30(18-21-32(33)35)26-38(34(39)36-3)31-19-16-29(17-20-31)25-37-24-28(2)41-27-37;1-3-4-5-6-7-8-9-10-11-12-13-14-22-39-32-24-29(17-20-31(32)34)26-37(33(38)35-2)30-18-15-28(16-19-30)25-36-21-23-40-27-36;;/h16-21,23-24,27H,4-15,22,25-26H2,1-3H3;15-21,23-24,27H,3-14,22,25-26H2,1-2H3;2*1H. The number of thiazole rings is 2. The number of anilines is 2. The van der Waals surface area contributed by atoms with Crippen molar-refractivity contribution in [1.82, 2.24) is 10.6 Å². The van der Waals surface area contributed by atoms with Crippen molar-refractivity contribution in [2.24, 2.45) is 0 Å². The number of ether oxygens (including phenoxy) is 2.